The molecule has 6 nitrogen and oxygen atoms in total. The molecule has 0 saturated heterocycles. The molecule has 0 saturated carbocycles. The van der Waals surface area contributed by atoms with Crippen molar-refractivity contribution in [2.24, 2.45) is 5.16 Å². The van der Waals surface area contributed by atoms with Gasteiger partial charge in [0.15, 0.2) is 4.34 Å². The van der Waals surface area contributed by atoms with Crippen molar-refractivity contribution in [1.29, 1.82) is 0 Å². The van der Waals surface area contributed by atoms with Crippen LogP contribution in [0.1, 0.15) is 10.7 Å². The van der Waals surface area contributed by atoms with E-state index in [0.717, 1.165) is 36.0 Å². The minimum Gasteiger partial charge on any atom is -0.411 e. The minimum atomic E-state index is 0.562. The number of aryl methyl sites for hydroxylation is 1. The Bertz CT molecular complexity index is 1080. The summed E-state index contributed by atoms with van der Waals surface area (Å²) in [6.45, 7) is 1.92. The van der Waals surface area contributed by atoms with Crippen molar-refractivity contribution < 1.29 is 5.21 Å². The summed E-state index contributed by atoms with van der Waals surface area (Å²) in [5, 5.41) is 23.1. The van der Waals surface area contributed by atoms with Crippen LogP contribution in [0, 0.1) is 6.92 Å². The molecule has 0 spiro atoms. The monoisotopic (exact) mass is 353 g/mol. The lowest BCUT2D eigenvalue weighted by Gasteiger charge is -2.08. The van der Waals surface area contributed by atoms with Gasteiger partial charge in [0.05, 0.1) is 22.9 Å². The van der Waals surface area contributed by atoms with Gasteiger partial charge >= 0.3 is 0 Å². The van der Waals surface area contributed by atoms with Crippen LogP contribution in [-0.2, 0) is 0 Å². The van der Waals surface area contributed by atoms with Crippen LogP contribution in [0.5, 0.6) is 0 Å². The molecule has 0 radical (unpaired) electrons. The second-order valence-corrected chi connectivity index (χ2v) is 7.49. The average molecular weight is 353 g/mol. The van der Waals surface area contributed by atoms with E-state index in [4.69, 9.17) is 5.21 Å². The first-order valence-electron chi connectivity index (χ1n) is 7.08. The number of aromatic nitrogens is 4. The second-order valence-electron chi connectivity index (χ2n) is 5.02. The SMILES string of the molecule is Cc1nnc(Sc2cc(C=NO)nc3c2ccc2cccnc23)s1. The highest BCUT2D eigenvalue weighted by molar-refractivity contribution is 8.01. The molecule has 4 aromatic rings. The van der Waals surface area contributed by atoms with Crippen molar-refractivity contribution >= 4 is 51.1 Å². The third-order valence-corrected chi connectivity index (χ3v) is 5.38. The Hall–Kier alpha value is -2.58. The van der Waals surface area contributed by atoms with Crippen LogP contribution in [0.2, 0.25) is 0 Å². The molecule has 0 atom stereocenters. The maximum Gasteiger partial charge on any atom is 0.179 e. The molecule has 3 heterocycles. The summed E-state index contributed by atoms with van der Waals surface area (Å²) < 4.78 is 0.855. The predicted molar refractivity (Wildman–Crippen MR) is 95.2 cm³/mol. The minimum absolute atomic E-state index is 0.562. The van der Waals surface area contributed by atoms with Crippen LogP contribution < -0.4 is 0 Å². The highest BCUT2D eigenvalue weighted by atomic mass is 32.2. The maximum absolute atomic E-state index is 8.88. The molecule has 0 aliphatic heterocycles. The molecule has 0 amide bonds. The summed E-state index contributed by atoms with van der Waals surface area (Å²) in [5.41, 5.74) is 2.15. The normalized spacial score (nSPS) is 11.7. The standard InChI is InChI=1S/C16H11N5OS2/c1-9-20-21-16(23-9)24-13-7-11(8-18-22)19-15-12(13)5-4-10-3-2-6-17-14(10)15/h2-8,22H,1H3. The topological polar surface area (TPSA) is 84.2 Å². The first-order valence-corrected chi connectivity index (χ1v) is 8.72. The van der Waals surface area contributed by atoms with Gasteiger partial charge in [-0.2, -0.15) is 0 Å². The third-order valence-electron chi connectivity index (χ3n) is 3.43. The van der Waals surface area contributed by atoms with Gasteiger partial charge in [-0.3, -0.25) is 4.98 Å². The lowest BCUT2D eigenvalue weighted by Crippen LogP contribution is -1.93. The van der Waals surface area contributed by atoms with Crippen LogP contribution in [0.4, 0.5) is 0 Å². The first kappa shape index (κ1) is 15.0. The van der Waals surface area contributed by atoms with Gasteiger partial charge in [0.2, 0.25) is 0 Å². The number of benzene rings is 1. The number of fused-ring (bicyclic) bond motifs is 3. The molecule has 24 heavy (non-hydrogen) atoms. The zero-order chi connectivity index (χ0) is 16.5. The van der Waals surface area contributed by atoms with Gasteiger partial charge in [0.25, 0.3) is 0 Å². The Labute approximate surface area is 145 Å². The third kappa shape index (κ3) is 2.70. The first-order chi connectivity index (χ1) is 11.7. The van der Waals surface area contributed by atoms with E-state index in [1.165, 1.54) is 29.3 Å². The summed E-state index contributed by atoms with van der Waals surface area (Å²) in [6.07, 6.45) is 3.06. The lowest BCUT2D eigenvalue weighted by molar-refractivity contribution is 0.321. The molecular weight excluding hydrogens is 342 g/mol. The lowest BCUT2D eigenvalue weighted by atomic mass is 10.1. The highest BCUT2D eigenvalue weighted by Gasteiger charge is 2.12. The van der Waals surface area contributed by atoms with Crippen molar-refractivity contribution in [3.8, 4) is 0 Å². The van der Waals surface area contributed by atoms with E-state index in [1.807, 2.05) is 37.3 Å². The number of rotatable bonds is 3. The smallest absolute Gasteiger partial charge is 0.179 e. The number of nitrogens with zero attached hydrogens (tertiary/aromatic N) is 5. The van der Waals surface area contributed by atoms with Crippen molar-refractivity contribution in [2.45, 2.75) is 16.2 Å². The molecular formula is C16H11N5OS2. The van der Waals surface area contributed by atoms with Gasteiger partial charge in [0, 0.05) is 21.9 Å². The van der Waals surface area contributed by atoms with E-state index in [0.29, 0.717) is 5.69 Å². The molecule has 8 heteroatoms. The van der Waals surface area contributed by atoms with Crippen molar-refractivity contribution in [3.05, 3.63) is 47.2 Å². The molecule has 0 aliphatic carbocycles. The van der Waals surface area contributed by atoms with E-state index in [2.05, 4.69) is 25.3 Å². The van der Waals surface area contributed by atoms with Gasteiger partial charge in [0.1, 0.15) is 5.01 Å². The summed E-state index contributed by atoms with van der Waals surface area (Å²) in [6, 6.07) is 9.83. The Morgan fingerprint density at radius 3 is 2.92 bits per heavy atom. The number of oxime groups is 1. The zero-order valence-electron chi connectivity index (χ0n) is 12.5. The summed E-state index contributed by atoms with van der Waals surface area (Å²) in [5.74, 6) is 0. The predicted octanol–water partition coefficient (Wildman–Crippen LogP) is 3.90. The van der Waals surface area contributed by atoms with Crippen LogP contribution in [-0.4, -0.2) is 31.6 Å². The van der Waals surface area contributed by atoms with Gasteiger partial charge in [-0.25, -0.2) is 4.98 Å². The molecule has 0 bridgehead atoms. The van der Waals surface area contributed by atoms with Crippen LogP contribution in [0.25, 0.3) is 21.8 Å². The summed E-state index contributed by atoms with van der Waals surface area (Å²) >= 11 is 3.06. The highest BCUT2D eigenvalue weighted by Crippen LogP contribution is 2.36. The van der Waals surface area contributed by atoms with Gasteiger partial charge in [-0.1, -0.05) is 46.5 Å². The molecule has 1 aromatic carbocycles. The van der Waals surface area contributed by atoms with Gasteiger partial charge in [-0.05, 0) is 19.1 Å². The quantitative estimate of drug-likeness (QED) is 0.260. The van der Waals surface area contributed by atoms with Crippen LogP contribution in [0.15, 0.2) is 50.9 Å². The largest absolute Gasteiger partial charge is 0.411 e. The Morgan fingerprint density at radius 2 is 2.12 bits per heavy atom. The fourth-order valence-electron chi connectivity index (χ4n) is 2.44. The summed E-state index contributed by atoms with van der Waals surface area (Å²) in [7, 11) is 0. The molecule has 1 N–H and O–H groups in total. The molecule has 4 rings (SSSR count). The fraction of sp³-hybridized carbons (Fsp3) is 0.0625. The number of pyridine rings is 2. The van der Waals surface area contributed by atoms with Crippen LogP contribution in [0.3, 0.4) is 0 Å². The fourth-order valence-corrected chi connectivity index (χ4v) is 4.38. The Balaban J connectivity index is 1.98. The van der Waals surface area contributed by atoms with E-state index in [1.54, 1.807) is 6.20 Å². The van der Waals surface area contributed by atoms with Gasteiger partial charge < -0.3 is 5.21 Å². The van der Waals surface area contributed by atoms with Crippen molar-refractivity contribution in [1.82, 2.24) is 20.2 Å². The second kappa shape index (κ2) is 6.14. The molecule has 0 fully saturated rings. The summed E-state index contributed by atoms with van der Waals surface area (Å²) in [4.78, 5) is 10.0. The molecule has 0 unspecified atom stereocenters. The zero-order valence-corrected chi connectivity index (χ0v) is 14.2. The average Bonchev–Trinajstić information content (AvgIpc) is 3.00. The molecule has 118 valence electrons. The molecule has 0 aliphatic rings. The van der Waals surface area contributed by atoms with Gasteiger partial charge in [-0.15, -0.1) is 10.2 Å². The van der Waals surface area contributed by atoms with E-state index in [-0.39, 0.29) is 0 Å². The Kier molecular flexibility index (Phi) is 3.83. The van der Waals surface area contributed by atoms with Crippen molar-refractivity contribution in [3.63, 3.8) is 0 Å². The van der Waals surface area contributed by atoms with Crippen molar-refractivity contribution in [2.75, 3.05) is 0 Å². The number of hydrogen-bond acceptors (Lipinski definition) is 8. The van der Waals surface area contributed by atoms with E-state index < -0.39 is 0 Å². The van der Waals surface area contributed by atoms with E-state index in [9.17, 15) is 0 Å². The maximum atomic E-state index is 8.88. The van der Waals surface area contributed by atoms with Crippen LogP contribution >= 0.6 is 23.1 Å². The number of hydrogen-bond donors (Lipinski definition) is 1. The Morgan fingerprint density at radius 1 is 1.21 bits per heavy atom. The van der Waals surface area contributed by atoms with E-state index >= 15 is 0 Å². The molecule has 3 aromatic heterocycles.